The van der Waals surface area contributed by atoms with Crippen molar-refractivity contribution in [3.8, 4) is 11.3 Å². The van der Waals surface area contributed by atoms with E-state index in [0.29, 0.717) is 18.7 Å². The largest absolute Gasteiger partial charge is 0.336 e. The van der Waals surface area contributed by atoms with Gasteiger partial charge in [0.25, 0.3) is 5.91 Å². The Morgan fingerprint density at radius 1 is 1.03 bits per heavy atom. The van der Waals surface area contributed by atoms with Gasteiger partial charge in [-0.15, -0.1) is 0 Å². The first kappa shape index (κ1) is 21.3. The summed E-state index contributed by atoms with van der Waals surface area (Å²) in [7, 11) is 1.88. The second-order valence-electron chi connectivity index (χ2n) is 8.76. The van der Waals surface area contributed by atoms with Gasteiger partial charge in [-0.2, -0.15) is 5.10 Å². The fourth-order valence-corrected chi connectivity index (χ4v) is 4.51. The van der Waals surface area contributed by atoms with Crippen molar-refractivity contribution in [2.24, 2.45) is 7.05 Å². The van der Waals surface area contributed by atoms with Crippen LogP contribution in [0.1, 0.15) is 27.2 Å². The van der Waals surface area contributed by atoms with Crippen LogP contribution in [0.3, 0.4) is 0 Å². The van der Waals surface area contributed by atoms with Gasteiger partial charge in [-0.1, -0.05) is 35.9 Å². The predicted molar refractivity (Wildman–Crippen MR) is 129 cm³/mol. The smallest absolute Gasteiger partial charge is 0.254 e. The van der Waals surface area contributed by atoms with Gasteiger partial charge in [0, 0.05) is 57.7 Å². The molecule has 1 aliphatic heterocycles. The normalized spacial score (nSPS) is 14.7. The number of carbonyl (C=O) groups excluding carboxylic acids is 1. The van der Waals surface area contributed by atoms with Gasteiger partial charge in [-0.3, -0.25) is 19.4 Å². The number of rotatable bonds is 4. The Bertz CT molecular complexity index is 1290. The van der Waals surface area contributed by atoms with Crippen LogP contribution in [-0.4, -0.2) is 61.6 Å². The van der Waals surface area contributed by atoms with Crippen LogP contribution in [0.4, 0.5) is 0 Å². The highest BCUT2D eigenvalue weighted by atomic mass is 16.2. The third-order valence-corrected chi connectivity index (χ3v) is 6.33. The zero-order valence-electron chi connectivity index (χ0n) is 19.3. The summed E-state index contributed by atoms with van der Waals surface area (Å²) in [5.74, 6) is 0.0490. The first-order valence-electron chi connectivity index (χ1n) is 11.3. The summed E-state index contributed by atoms with van der Waals surface area (Å²) in [4.78, 5) is 27.1. The molecule has 7 heteroatoms. The Hall–Kier alpha value is -3.58. The lowest BCUT2D eigenvalue weighted by Gasteiger charge is -2.35. The fraction of sp³-hybridized carbons (Fsp3) is 0.308. The molecule has 3 aromatic heterocycles. The number of hydrogen-bond acceptors (Lipinski definition) is 5. The molecule has 33 heavy (non-hydrogen) atoms. The highest BCUT2D eigenvalue weighted by molar-refractivity contribution is 6.07. The van der Waals surface area contributed by atoms with E-state index in [2.05, 4.69) is 52.2 Å². The van der Waals surface area contributed by atoms with Gasteiger partial charge in [0.1, 0.15) is 0 Å². The molecule has 7 nitrogen and oxygen atoms in total. The molecule has 0 N–H and O–H groups in total. The van der Waals surface area contributed by atoms with E-state index in [1.165, 1.54) is 11.1 Å². The Morgan fingerprint density at radius 2 is 1.79 bits per heavy atom. The summed E-state index contributed by atoms with van der Waals surface area (Å²) < 4.78 is 1.77. The first-order valence-corrected chi connectivity index (χ1v) is 11.3. The van der Waals surface area contributed by atoms with E-state index in [4.69, 9.17) is 4.98 Å². The number of fused-ring (bicyclic) bond motifs is 1. The highest BCUT2D eigenvalue weighted by Gasteiger charge is 2.26. The Balaban J connectivity index is 1.42. The number of aromatic nitrogens is 4. The number of piperazine rings is 1. The zero-order valence-corrected chi connectivity index (χ0v) is 19.3. The number of benzene rings is 1. The number of hydrogen-bond donors (Lipinski definition) is 0. The molecule has 0 aliphatic carbocycles. The molecule has 0 unspecified atom stereocenters. The second kappa shape index (κ2) is 8.75. The standard InChI is InChI=1S/C26H28N6O/c1-18-6-8-21(9-7-18)23-15-22(24-19(2)29-30(3)25(24)28-23)26(33)32-13-11-31(12-14-32)17-20-5-4-10-27-16-20/h4-10,15-16H,11-14,17H2,1-3H3. The molecule has 1 aromatic carbocycles. The number of aryl methyl sites for hydroxylation is 3. The molecular weight excluding hydrogens is 412 g/mol. The maximum atomic E-state index is 13.7. The Kier molecular flexibility index (Phi) is 5.64. The molecule has 0 saturated carbocycles. The molecule has 1 saturated heterocycles. The molecule has 0 spiro atoms. The van der Waals surface area contributed by atoms with Crippen LogP contribution in [0.2, 0.25) is 0 Å². The van der Waals surface area contributed by atoms with Crippen molar-refractivity contribution >= 4 is 16.9 Å². The lowest BCUT2D eigenvalue weighted by molar-refractivity contribution is 0.0630. The van der Waals surface area contributed by atoms with Crippen molar-refractivity contribution in [2.45, 2.75) is 20.4 Å². The van der Waals surface area contributed by atoms with Crippen molar-refractivity contribution in [3.63, 3.8) is 0 Å². The van der Waals surface area contributed by atoms with Gasteiger partial charge in [-0.25, -0.2) is 4.98 Å². The molecule has 0 atom stereocenters. The summed E-state index contributed by atoms with van der Waals surface area (Å²) in [6, 6.07) is 14.2. The van der Waals surface area contributed by atoms with Gasteiger partial charge >= 0.3 is 0 Å². The first-order chi connectivity index (χ1) is 16.0. The van der Waals surface area contributed by atoms with E-state index >= 15 is 0 Å². The third-order valence-electron chi connectivity index (χ3n) is 6.33. The maximum Gasteiger partial charge on any atom is 0.254 e. The Morgan fingerprint density at radius 3 is 2.48 bits per heavy atom. The van der Waals surface area contributed by atoms with Crippen molar-refractivity contribution in [1.82, 2.24) is 29.5 Å². The SMILES string of the molecule is Cc1ccc(-c2cc(C(=O)N3CCN(Cc4cccnc4)CC3)c3c(C)nn(C)c3n2)cc1. The average Bonchev–Trinajstić information content (AvgIpc) is 3.13. The molecular formula is C26H28N6O. The minimum Gasteiger partial charge on any atom is -0.336 e. The third kappa shape index (κ3) is 4.24. The number of amides is 1. The number of carbonyl (C=O) groups is 1. The molecule has 1 amide bonds. The molecule has 168 valence electrons. The summed E-state index contributed by atoms with van der Waals surface area (Å²) in [6.45, 7) is 7.93. The van der Waals surface area contributed by atoms with E-state index in [9.17, 15) is 4.79 Å². The van der Waals surface area contributed by atoms with Crippen LogP contribution in [-0.2, 0) is 13.6 Å². The topological polar surface area (TPSA) is 67.2 Å². The maximum absolute atomic E-state index is 13.7. The van der Waals surface area contributed by atoms with Crippen molar-refractivity contribution < 1.29 is 4.79 Å². The van der Waals surface area contributed by atoms with E-state index < -0.39 is 0 Å². The minimum absolute atomic E-state index is 0.0490. The summed E-state index contributed by atoms with van der Waals surface area (Å²) in [5, 5.41) is 5.40. The molecule has 4 aromatic rings. The van der Waals surface area contributed by atoms with Crippen LogP contribution in [0.5, 0.6) is 0 Å². The van der Waals surface area contributed by atoms with Crippen molar-refractivity contribution in [2.75, 3.05) is 26.2 Å². The van der Waals surface area contributed by atoms with Crippen LogP contribution in [0.15, 0.2) is 54.9 Å². The van der Waals surface area contributed by atoms with Gasteiger partial charge in [0.05, 0.1) is 22.3 Å². The number of pyridine rings is 2. The zero-order chi connectivity index (χ0) is 22.9. The summed E-state index contributed by atoms with van der Waals surface area (Å²) in [6.07, 6.45) is 3.70. The lowest BCUT2D eigenvalue weighted by Crippen LogP contribution is -2.48. The summed E-state index contributed by atoms with van der Waals surface area (Å²) >= 11 is 0. The van der Waals surface area contributed by atoms with E-state index in [0.717, 1.165) is 47.6 Å². The molecule has 0 radical (unpaired) electrons. The number of nitrogens with zero attached hydrogens (tertiary/aromatic N) is 6. The van der Waals surface area contributed by atoms with Gasteiger partial charge in [0.2, 0.25) is 0 Å². The van der Waals surface area contributed by atoms with Crippen LogP contribution >= 0.6 is 0 Å². The monoisotopic (exact) mass is 440 g/mol. The molecule has 1 fully saturated rings. The summed E-state index contributed by atoms with van der Waals surface area (Å²) in [5.41, 5.74) is 6.43. The second-order valence-corrected chi connectivity index (χ2v) is 8.76. The van der Waals surface area contributed by atoms with E-state index in [1.807, 2.05) is 37.2 Å². The Labute approximate surface area is 193 Å². The van der Waals surface area contributed by atoms with Crippen LogP contribution in [0, 0.1) is 13.8 Å². The highest BCUT2D eigenvalue weighted by Crippen LogP contribution is 2.28. The fourth-order valence-electron chi connectivity index (χ4n) is 4.51. The average molecular weight is 441 g/mol. The molecule has 5 rings (SSSR count). The van der Waals surface area contributed by atoms with Gasteiger partial charge in [-0.05, 0) is 31.5 Å². The van der Waals surface area contributed by atoms with Crippen molar-refractivity contribution in [1.29, 1.82) is 0 Å². The quantitative estimate of drug-likeness (QED) is 0.485. The van der Waals surface area contributed by atoms with E-state index in [1.54, 1.807) is 10.9 Å². The van der Waals surface area contributed by atoms with Gasteiger partial charge < -0.3 is 4.90 Å². The van der Waals surface area contributed by atoms with E-state index in [-0.39, 0.29) is 5.91 Å². The van der Waals surface area contributed by atoms with Crippen LogP contribution < -0.4 is 0 Å². The lowest BCUT2D eigenvalue weighted by atomic mass is 10.0. The molecule has 4 heterocycles. The van der Waals surface area contributed by atoms with Crippen LogP contribution in [0.25, 0.3) is 22.3 Å². The van der Waals surface area contributed by atoms with Crippen molar-refractivity contribution in [3.05, 3.63) is 77.2 Å². The van der Waals surface area contributed by atoms with Gasteiger partial charge in [0.15, 0.2) is 5.65 Å². The minimum atomic E-state index is 0.0490. The molecule has 0 bridgehead atoms. The predicted octanol–water partition coefficient (Wildman–Crippen LogP) is 3.61. The molecule has 1 aliphatic rings.